The van der Waals surface area contributed by atoms with Gasteiger partial charge in [-0.25, -0.2) is 0 Å². The minimum atomic E-state index is 0.114. The molecule has 0 aromatic rings. The average Bonchev–Trinajstić information content (AvgIpc) is 3.25. The molecule has 0 saturated heterocycles. The van der Waals surface area contributed by atoms with E-state index in [0.717, 1.165) is 38.5 Å². The zero-order valence-corrected chi connectivity index (χ0v) is 11.9. The Morgan fingerprint density at radius 3 is 2.74 bits per heavy atom. The summed E-state index contributed by atoms with van der Waals surface area (Å²) in [5.41, 5.74) is 5.77. The number of carbonyl (C=O) groups excluding carboxylic acids is 1. The lowest BCUT2D eigenvalue weighted by Crippen LogP contribution is -2.43. The summed E-state index contributed by atoms with van der Waals surface area (Å²) in [6.07, 6.45) is 5.39. The van der Waals surface area contributed by atoms with Crippen molar-refractivity contribution in [3.8, 4) is 0 Å². The topological polar surface area (TPSA) is 67.6 Å². The number of amides is 1. The second-order valence-electron chi connectivity index (χ2n) is 5.93. The summed E-state index contributed by atoms with van der Waals surface area (Å²) in [5, 5.41) is 3.01. The SMILES string of the molecule is CN(CCOCC1CC1)C(CN)CC(=O)NC1CC1. The lowest BCUT2D eigenvalue weighted by Gasteiger charge is -2.26. The molecular weight excluding hydrogens is 242 g/mol. The van der Waals surface area contributed by atoms with Crippen LogP contribution in [0.4, 0.5) is 0 Å². The number of hydrogen-bond acceptors (Lipinski definition) is 4. The number of nitrogens with two attached hydrogens (primary N) is 1. The Hall–Kier alpha value is -0.650. The molecule has 5 heteroatoms. The quantitative estimate of drug-likeness (QED) is 0.561. The highest BCUT2D eigenvalue weighted by Gasteiger charge is 2.25. The summed E-state index contributed by atoms with van der Waals surface area (Å²) < 4.78 is 5.62. The van der Waals surface area contributed by atoms with E-state index in [1.165, 1.54) is 12.8 Å². The molecule has 2 aliphatic rings. The van der Waals surface area contributed by atoms with E-state index in [1.807, 2.05) is 7.05 Å². The van der Waals surface area contributed by atoms with Gasteiger partial charge in [0.2, 0.25) is 5.91 Å². The fraction of sp³-hybridized carbons (Fsp3) is 0.929. The number of carbonyl (C=O) groups is 1. The first-order valence-electron chi connectivity index (χ1n) is 7.46. The van der Waals surface area contributed by atoms with Gasteiger partial charge in [0.25, 0.3) is 0 Å². The highest BCUT2D eigenvalue weighted by molar-refractivity contribution is 5.77. The maximum absolute atomic E-state index is 11.8. The molecular formula is C14H27N3O2. The van der Waals surface area contributed by atoms with Crippen molar-refractivity contribution < 1.29 is 9.53 Å². The van der Waals surface area contributed by atoms with E-state index >= 15 is 0 Å². The zero-order chi connectivity index (χ0) is 13.7. The third-order valence-electron chi connectivity index (χ3n) is 3.90. The van der Waals surface area contributed by atoms with Gasteiger partial charge >= 0.3 is 0 Å². The monoisotopic (exact) mass is 269 g/mol. The maximum atomic E-state index is 11.8. The van der Waals surface area contributed by atoms with E-state index in [2.05, 4.69) is 10.2 Å². The van der Waals surface area contributed by atoms with Crippen molar-refractivity contribution >= 4 is 5.91 Å². The highest BCUT2D eigenvalue weighted by atomic mass is 16.5. The molecule has 2 aliphatic carbocycles. The van der Waals surface area contributed by atoms with E-state index in [9.17, 15) is 4.79 Å². The first-order valence-corrected chi connectivity index (χ1v) is 7.46. The van der Waals surface area contributed by atoms with Gasteiger partial charge < -0.3 is 15.8 Å². The number of nitrogens with zero attached hydrogens (tertiary/aromatic N) is 1. The van der Waals surface area contributed by atoms with Crippen LogP contribution in [0.5, 0.6) is 0 Å². The van der Waals surface area contributed by atoms with Crippen LogP contribution >= 0.6 is 0 Å². The van der Waals surface area contributed by atoms with Gasteiger partial charge in [-0.05, 0) is 38.6 Å². The number of nitrogens with one attached hydrogen (secondary N) is 1. The Balaban J connectivity index is 1.58. The Kier molecular flexibility index (Phi) is 5.60. The lowest BCUT2D eigenvalue weighted by atomic mass is 10.1. The van der Waals surface area contributed by atoms with Crippen molar-refractivity contribution in [2.75, 3.05) is 33.4 Å². The van der Waals surface area contributed by atoms with Crippen molar-refractivity contribution in [1.82, 2.24) is 10.2 Å². The van der Waals surface area contributed by atoms with Gasteiger partial charge in [-0.15, -0.1) is 0 Å². The van der Waals surface area contributed by atoms with Gasteiger partial charge in [-0.2, -0.15) is 0 Å². The average molecular weight is 269 g/mol. The van der Waals surface area contributed by atoms with Gasteiger partial charge in [0, 0.05) is 38.2 Å². The maximum Gasteiger partial charge on any atom is 0.221 e. The number of hydrogen-bond donors (Lipinski definition) is 2. The van der Waals surface area contributed by atoms with Crippen LogP contribution < -0.4 is 11.1 Å². The molecule has 3 N–H and O–H groups in total. The molecule has 19 heavy (non-hydrogen) atoms. The standard InChI is InChI=1S/C14H27N3O2/c1-17(6-7-19-10-11-2-3-11)13(9-15)8-14(18)16-12-4-5-12/h11-13H,2-10,15H2,1H3,(H,16,18). The van der Waals surface area contributed by atoms with Crippen molar-refractivity contribution in [3.05, 3.63) is 0 Å². The molecule has 0 bridgehead atoms. The summed E-state index contributed by atoms with van der Waals surface area (Å²) >= 11 is 0. The van der Waals surface area contributed by atoms with E-state index in [0.29, 0.717) is 19.0 Å². The second-order valence-corrected chi connectivity index (χ2v) is 5.93. The van der Waals surface area contributed by atoms with E-state index in [4.69, 9.17) is 10.5 Å². The molecule has 0 aromatic carbocycles. The summed E-state index contributed by atoms with van der Waals surface area (Å²) in [7, 11) is 2.02. The number of ether oxygens (including phenoxy) is 1. The second kappa shape index (κ2) is 7.22. The minimum absolute atomic E-state index is 0.114. The molecule has 0 aliphatic heterocycles. The predicted octanol–water partition coefficient (Wildman–Crippen LogP) is 0.341. The van der Waals surface area contributed by atoms with Crippen LogP contribution in [0.1, 0.15) is 32.1 Å². The molecule has 5 nitrogen and oxygen atoms in total. The normalized spacial score (nSPS) is 20.6. The van der Waals surface area contributed by atoms with E-state index in [1.54, 1.807) is 0 Å². The Bertz CT molecular complexity index is 290. The number of rotatable bonds is 10. The molecule has 110 valence electrons. The largest absolute Gasteiger partial charge is 0.380 e. The van der Waals surface area contributed by atoms with Crippen LogP contribution in [-0.4, -0.2) is 56.2 Å². The lowest BCUT2D eigenvalue weighted by molar-refractivity contribution is -0.122. The van der Waals surface area contributed by atoms with Crippen LogP contribution in [0.2, 0.25) is 0 Å². The summed E-state index contributed by atoms with van der Waals surface area (Å²) in [6.45, 7) is 2.97. The van der Waals surface area contributed by atoms with Crippen LogP contribution in [-0.2, 0) is 9.53 Å². The fourth-order valence-electron chi connectivity index (χ4n) is 2.07. The van der Waals surface area contributed by atoms with Gasteiger partial charge in [0.1, 0.15) is 0 Å². The third kappa shape index (κ3) is 5.89. The molecule has 0 heterocycles. The summed E-state index contributed by atoms with van der Waals surface area (Å²) in [5.74, 6) is 0.934. The molecule has 1 atom stereocenters. The molecule has 1 unspecified atom stereocenters. The molecule has 0 radical (unpaired) electrons. The zero-order valence-electron chi connectivity index (χ0n) is 11.9. The molecule has 2 saturated carbocycles. The molecule has 2 rings (SSSR count). The smallest absolute Gasteiger partial charge is 0.221 e. The first kappa shape index (κ1) is 14.8. The van der Waals surface area contributed by atoms with Crippen LogP contribution in [0, 0.1) is 5.92 Å². The van der Waals surface area contributed by atoms with Crippen molar-refractivity contribution in [1.29, 1.82) is 0 Å². The summed E-state index contributed by atoms with van der Waals surface area (Å²) in [6, 6.07) is 0.543. The van der Waals surface area contributed by atoms with Gasteiger partial charge in [0.15, 0.2) is 0 Å². The van der Waals surface area contributed by atoms with E-state index in [-0.39, 0.29) is 11.9 Å². The first-order chi connectivity index (χ1) is 9.19. The Morgan fingerprint density at radius 2 is 2.16 bits per heavy atom. The third-order valence-corrected chi connectivity index (χ3v) is 3.90. The van der Waals surface area contributed by atoms with Crippen molar-refractivity contribution in [2.24, 2.45) is 11.7 Å². The Morgan fingerprint density at radius 1 is 1.42 bits per heavy atom. The van der Waals surface area contributed by atoms with Crippen molar-refractivity contribution in [3.63, 3.8) is 0 Å². The minimum Gasteiger partial charge on any atom is -0.380 e. The fourth-order valence-corrected chi connectivity index (χ4v) is 2.07. The molecule has 0 spiro atoms. The molecule has 0 aromatic heterocycles. The van der Waals surface area contributed by atoms with Gasteiger partial charge in [-0.1, -0.05) is 0 Å². The summed E-state index contributed by atoms with van der Waals surface area (Å²) in [4.78, 5) is 13.9. The number of likely N-dealkylation sites (N-methyl/N-ethyl adjacent to an activating group) is 1. The van der Waals surface area contributed by atoms with Gasteiger partial charge in [-0.3, -0.25) is 9.69 Å². The van der Waals surface area contributed by atoms with E-state index < -0.39 is 0 Å². The van der Waals surface area contributed by atoms with Crippen LogP contribution in [0.15, 0.2) is 0 Å². The molecule has 2 fully saturated rings. The molecule has 1 amide bonds. The van der Waals surface area contributed by atoms with Crippen molar-refractivity contribution in [2.45, 2.75) is 44.2 Å². The highest BCUT2D eigenvalue weighted by Crippen LogP contribution is 2.28. The van der Waals surface area contributed by atoms with Gasteiger partial charge in [0.05, 0.1) is 6.61 Å². The Labute approximate surface area is 115 Å². The van der Waals surface area contributed by atoms with Crippen LogP contribution in [0.3, 0.4) is 0 Å². The predicted molar refractivity (Wildman–Crippen MR) is 74.8 cm³/mol. The van der Waals surface area contributed by atoms with Crippen LogP contribution in [0.25, 0.3) is 0 Å².